The third-order valence-corrected chi connectivity index (χ3v) is 3.18. The summed E-state index contributed by atoms with van der Waals surface area (Å²) in [6.45, 7) is 3.06. The molecule has 0 aliphatic carbocycles. The fraction of sp³-hybridized carbons (Fsp3) is 0.400. The van der Waals surface area contributed by atoms with Crippen LogP contribution in [0.5, 0.6) is 0 Å². The summed E-state index contributed by atoms with van der Waals surface area (Å²) in [5, 5.41) is 6.56. The first-order chi connectivity index (χ1) is 7.36. The zero-order valence-electron chi connectivity index (χ0n) is 8.60. The third-order valence-electron chi connectivity index (χ3n) is 2.22. The summed E-state index contributed by atoms with van der Waals surface area (Å²) in [7, 11) is 0. The molecule has 0 aliphatic heterocycles. The SMILES string of the molecule is CC(NCCc1cnc[nH]1)c1nccs1. The van der Waals surface area contributed by atoms with Gasteiger partial charge in [-0.1, -0.05) is 0 Å². The van der Waals surface area contributed by atoms with Crippen LogP contribution >= 0.6 is 11.3 Å². The zero-order chi connectivity index (χ0) is 10.5. The van der Waals surface area contributed by atoms with Crippen LogP contribution in [0.4, 0.5) is 0 Å². The molecule has 2 heterocycles. The number of hydrogen-bond donors (Lipinski definition) is 2. The maximum Gasteiger partial charge on any atom is 0.109 e. The van der Waals surface area contributed by atoms with Gasteiger partial charge in [-0.05, 0) is 6.92 Å². The van der Waals surface area contributed by atoms with Crippen LogP contribution in [0.2, 0.25) is 0 Å². The predicted octanol–water partition coefficient (Wildman–Crippen LogP) is 1.76. The van der Waals surface area contributed by atoms with Gasteiger partial charge < -0.3 is 10.3 Å². The molecule has 0 radical (unpaired) electrons. The molecule has 1 unspecified atom stereocenters. The molecule has 2 N–H and O–H groups in total. The number of nitrogens with one attached hydrogen (secondary N) is 2. The van der Waals surface area contributed by atoms with Crippen molar-refractivity contribution in [2.24, 2.45) is 0 Å². The number of thiazole rings is 1. The van der Waals surface area contributed by atoms with Gasteiger partial charge in [0.1, 0.15) is 5.01 Å². The van der Waals surface area contributed by atoms with Crippen LogP contribution < -0.4 is 5.32 Å². The Morgan fingerprint density at radius 2 is 2.53 bits per heavy atom. The molecule has 2 rings (SSSR count). The predicted molar refractivity (Wildman–Crippen MR) is 60.8 cm³/mol. The van der Waals surface area contributed by atoms with Gasteiger partial charge in [0.25, 0.3) is 0 Å². The first kappa shape index (κ1) is 10.3. The molecule has 2 aromatic heterocycles. The minimum atomic E-state index is 0.327. The Bertz CT molecular complexity index is 368. The molecule has 2 aromatic rings. The van der Waals surface area contributed by atoms with Gasteiger partial charge in [0.05, 0.1) is 12.4 Å². The second kappa shape index (κ2) is 5.04. The standard InChI is InChI=1S/C10H14N4S/c1-8(10-13-4-5-15-10)12-3-2-9-6-11-7-14-9/h4-8,12H,2-3H2,1H3,(H,11,14). The van der Waals surface area contributed by atoms with Crippen molar-refractivity contribution in [3.63, 3.8) is 0 Å². The highest BCUT2D eigenvalue weighted by molar-refractivity contribution is 7.09. The van der Waals surface area contributed by atoms with Crippen LogP contribution in [0.1, 0.15) is 23.7 Å². The average Bonchev–Trinajstić information content (AvgIpc) is 2.90. The molecule has 0 saturated carbocycles. The molecule has 5 heteroatoms. The van der Waals surface area contributed by atoms with Crippen LogP contribution in [0, 0.1) is 0 Å². The molecule has 0 fully saturated rings. The van der Waals surface area contributed by atoms with Crippen LogP contribution in [-0.2, 0) is 6.42 Å². The van der Waals surface area contributed by atoms with Gasteiger partial charge in [-0.25, -0.2) is 9.97 Å². The van der Waals surface area contributed by atoms with Crippen molar-refractivity contribution in [3.8, 4) is 0 Å². The van der Waals surface area contributed by atoms with E-state index in [2.05, 4.69) is 27.2 Å². The number of imidazole rings is 1. The summed E-state index contributed by atoms with van der Waals surface area (Å²) in [5.41, 5.74) is 1.16. The van der Waals surface area contributed by atoms with Gasteiger partial charge in [0.2, 0.25) is 0 Å². The molecule has 0 aromatic carbocycles. The summed E-state index contributed by atoms with van der Waals surface area (Å²) in [6, 6.07) is 0.327. The quantitative estimate of drug-likeness (QED) is 0.810. The van der Waals surface area contributed by atoms with Crippen molar-refractivity contribution in [1.82, 2.24) is 20.3 Å². The monoisotopic (exact) mass is 222 g/mol. The Kier molecular flexibility index (Phi) is 3.47. The lowest BCUT2D eigenvalue weighted by atomic mass is 10.3. The van der Waals surface area contributed by atoms with Crippen molar-refractivity contribution in [1.29, 1.82) is 0 Å². The first-order valence-electron chi connectivity index (χ1n) is 4.96. The molecular formula is C10H14N4S. The lowest BCUT2D eigenvalue weighted by molar-refractivity contribution is 0.572. The van der Waals surface area contributed by atoms with Crippen LogP contribution in [0.15, 0.2) is 24.1 Å². The van der Waals surface area contributed by atoms with Gasteiger partial charge in [-0.3, -0.25) is 0 Å². The number of H-pyrrole nitrogens is 1. The summed E-state index contributed by atoms with van der Waals surface area (Å²) in [5.74, 6) is 0. The second-order valence-corrected chi connectivity index (χ2v) is 4.30. The molecule has 0 aliphatic rings. The van der Waals surface area contributed by atoms with E-state index in [9.17, 15) is 0 Å². The van der Waals surface area contributed by atoms with Crippen molar-refractivity contribution in [2.45, 2.75) is 19.4 Å². The normalized spacial score (nSPS) is 12.9. The number of rotatable bonds is 5. The molecule has 80 valence electrons. The topological polar surface area (TPSA) is 53.6 Å². The van der Waals surface area contributed by atoms with Crippen LogP contribution in [-0.4, -0.2) is 21.5 Å². The lowest BCUT2D eigenvalue weighted by Gasteiger charge is -2.09. The van der Waals surface area contributed by atoms with Gasteiger partial charge in [-0.15, -0.1) is 11.3 Å². The smallest absolute Gasteiger partial charge is 0.109 e. The summed E-state index contributed by atoms with van der Waals surface area (Å²) < 4.78 is 0. The largest absolute Gasteiger partial charge is 0.348 e. The Morgan fingerprint density at radius 1 is 1.60 bits per heavy atom. The van der Waals surface area contributed by atoms with E-state index < -0.39 is 0 Å². The fourth-order valence-corrected chi connectivity index (χ4v) is 2.05. The Morgan fingerprint density at radius 3 is 3.20 bits per heavy atom. The van der Waals surface area contributed by atoms with Crippen molar-refractivity contribution >= 4 is 11.3 Å². The summed E-state index contributed by atoms with van der Waals surface area (Å²) in [4.78, 5) is 11.3. The molecule has 4 nitrogen and oxygen atoms in total. The highest BCUT2D eigenvalue weighted by atomic mass is 32.1. The van der Waals surface area contributed by atoms with Crippen molar-refractivity contribution in [2.75, 3.05) is 6.54 Å². The Balaban J connectivity index is 1.74. The molecule has 0 spiro atoms. The fourth-order valence-electron chi connectivity index (χ4n) is 1.38. The molecule has 0 saturated heterocycles. The van der Waals surface area contributed by atoms with E-state index in [0.29, 0.717) is 6.04 Å². The zero-order valence-corrected chi connectivity index (χ0v) is 9.42. The van der Waals surface area contributed by atoms with Gasteiger partial charge in [0, 0.05) is 36.4 Å². The summed E-state index contributed by atoms with van der Waals surface area (Å²) >= 11 is 1.69. The van der Waals surface area contributed by atoms with Crippen LogP contribution in [0.25, 0.3) is 0 Å². The maximum absolute atomic E-state index is 4.27. The van der Waals surface area contributed by atoms with Gasteiger partial charge in [0.15, 0.2) is 0 Å². The Hall–Kier alpha value is -1.20. The van der Waals surface area contributed by atoms with E-state index >= 15 is 0 Å². The van der Waals surface area contributed by atoms with Crippen molar-refractivity contribution in [3.05, 3.63) is 34.8 Å². The van der Waals surface area contributed by atoms with E-state index in [1.165, 1.54) is 0 Å². The van der Waals surface area contributed by atoms with E-state index in [4.69, 9.17) is 0 Å². The highest BCUT2D eigenvalue weighted by Gasteiger charge is 2.06. The molecular weight excluding hydrogens is 208 g/mol. The van der Waals surface area contributed by atoms with Gasteiger partial charge in [-0.2, -0.15) is 0 Å². The number of aromatic nitrogens is 3. The summed E-state index contributed by atoms with van der Waals surface area (Å²) in [6.07, 6.45) is 6.37. The van der Waals surface area contributed by atoms with E-state index in [-0.39, 0.29) is 0 Å². The molecule has 0 bridgehead atoms. The molecule has 15 heavy (non-hydrogen) atoms. The van der Waals surface area contributed by atoms with Crippen LogP contribution in [0.3, 0.4) is 0 Å². The minimum Gasteiger partial charge on any atom is -0.348 e. The molecule has 1 atom stereocenters. The number of aromatic amines is 1. The van der Waals surface area contributed by atoms with Gasteiger partial charge >= 0.3 is 0 Å². The van der Waals surface area contributed by atoms with Crippen molar-refractivity contribution < 1.29 is 0 Å². The molecule has 0 amide bonds. The lowest BCUT2D eigenvalue weighted by Crippen LogP contribution is -2.21. The number of hydrogen-bond acceptors (Lipinski definition) is 4. The first-order valence-corrected chi connectivity index (χ1v) is 5.84. The number of nitrogens with zero attached hydrogens (tertiary/aromatic N) is 2. The van der Waals surface area contributed by atoms with E-state index in [0.717, 1.165) is 23.7 Å². The highest BCUT2D eigenvalue weighted by Crippen LogP contribution is 2.14. The average molecular weight is 222 g/mol. The maximum atomic E-state index is 4.27. The van der Waals surface area contributed by atoms with E-state index in [1.54, 1.807) is 17.7 Å². The third kappa shape index (κ3) is 2.87. The van der Waals surface area contributed by atoms with E-state index in [1.807, 2.05) is 17.8 Å². The Labute approximate surface area is 92.8 Å². The second-order valence-electron chi connectivity index (χ2n) is 3.37. The minimum absolute atomic E-state index is 0.327.